The zero-order chi connectivity index (χ0) is 15.5. The summed E-state index contributed by atoms with van der Waals surface area (Å²) in [4.78, 5) is 16.8. The summed E-state index contributed by atoms with van der Waals surface area (Å²) in [5.74, 6) is 0.923. The van der Waals surface area contributed by atoms with Gasteiger partial charge >= 0.3 is 0 Å². The van der Waals surface area contributed by atoms with Crippen molar-refractivity contribution in [1.29, 1.82) is 0 Å². The minimum absolute atomic E-state index is 0.171. The van der Waals surface area contributed by atoms with E-state index in [4.69, 9.17) is 4.52 Å². The number of carbonyl (C=O) groups excluding carboxylic acids is 1. The van der Waals surface area contributed by atoms with Gasteiger partial charge in [0, 0.05) is 38.3 Å². The van der Waals surface area contributed by atoms with Crippen molar-refractivity contribution < 1.29 is 9.32 Å². The molecule has 0 saturated carbocycles. The average Bonchev–Trinajstić information content (AvgIpc) is 3.13. The molecular weight excluding hydrogens is 298 g/mol. The van der Waals surface area contributed by atoms with Crippen LogP contribution in [-0.4, -0.2) is 47.0 Å². The molecule has 0 bridgehead atoms. The highest BCUT2D eigenvalue weighted by Gasteiger charge is 2.23. The lowest BCUT2D eigenvalue weighted by Crippen LogP contribution is -2.48. The lowest BCUT2D eigenvalue weighted by atomic mass is 10.1. The summed E-state index contributed by atoms with van der Waals surface area (Å²) in [6.07, 6.45) is 0.395. The Kier molecular flexibility index (Phi) is 4.59. The number of aryl methyl sites for hydroxylation is 2. The molecule has 3 rings (SSSR count). The van der Waals surface area contributed by atoms with Gasteiger partial charge in [0.2, 0.25) is 5.91 Å². The largest absolute Gasteiger partial charge is 0.361 e. The van der Waals surface area contributed by atoms with E-state index in [0.29, 0.717) is 6.42 Å². The molecule has 0 radical (unpaired) electrons. The Morgan fingerprint density at radius 3 is 2.68 bits per heavy atom. The first-order valence-electron chi connectivity index (χ1n) is 7.56. The summed E-state index contributed by atoms with van der Waals surface area (Å²) in [5.41, 5.74) is 3.12. The maximum Gasteiger partial charge on any atom is 0.227 e. The Labute approximate surface area is 134 Å². The zero-order valence-corrected chi connectivity index (χ0v) is 13.9. The SMILES string of the molecule is Cc1noc(C)c1CC(=O)N1CCN(Cc2ccsc2)CC1. The third-order valence-electron chi connectivity index (χ3n) is 4.22. The lowest BCUT2D eigenvalue weighted by molar-refractivity contribution is -0.132. The number of carbonyl (C=O) groups is 1. The number of nitrogens with zero attached hydrogens (tertiary/aromatic N) is 3. The van der Waals surface area contributed by atoms with Crippen molar-refractivity contribution in [2.24, 2.45) is 0 Å². The number of thiophene rings is 1. The molecule has 5 nitrogen and oxygen atoms in total. The van der Waals surface area contributed by atoms with Gasteiger partial charge in [0.25, 0.3) is 0 Å². The second-order valence-corrected chi connectivity index (χ2v) is 6.55. The van der Waals surface area contributed by atoms with Crippen molar-refractivity contribution in [3.63, 3.8) is 0 Å². The number of hydrogen-bond acceptors (Lipinski definition) is 5. The van der Waals surface area contributed by atoms with Crippen molar-refractivity contribution in [3.05, 3.63) is 39.4 Å². The third kappa shape index (κ3) is 3.39. The number of hydrogen-bond donors (Lipinski definition) is 0. The monoisotopic (exact) mass is 319 g/mol. The van der Waals surface area contributed by atoms with E-state index in [-0.39, 0.29) is 5.91 Å². The first-order valence-corrected chi connectivity index (χ1v) is 8.50. The van der Waals surface area contributed by atoms with Gasteiger partial charge in [0.15, 0.2) is 0 Å². The van der Waals surface area contributed by atoms with Crippen LogP contribution in [0.15, 0.2) is 21.3 Å². The molecule has 1 aliphatic rings. The maximum atomic E-state index is 12.4. The van der Waals surface area contributed by atoms with E-state index in [1.165, 1.54) is 5.56 Å². The van der Waals surface area contributed by atoms with E-state index in [0.717, 1.165) is 49.7 Å². The standard InChI is InChI=1S/C16H21N3O2S/c1-12-15(13(2)21-17-12)9-16(20)19-6-4-18(5-7-19)10-14-3-8-22-11-14/h3,8,11H,4-7,9-10H2,1-2H3. The van der Waals surface area contributed by atoms with Crippen molar-refractivity contribution in [3.8, 4) is 0 Å². The number of amides is 1. The molecule has 0 aliphatic carbocycles. The quantitative estimate of drug-likeness (QED) is 0.867. The second-order valence-electron chi connectivity index (χ2n) is 5.77. The van der Waals surface area contributed by atoms with Crippen molar-refractivity contribution in [1.82, 2.24) is 15.0 Å². The molecule has 6 heteroatoms. The van der Waals surface area contributed by atoms with Gasteiger partial charge in [-0.15, -0.1) is 0 Å². The highest BCUT2D eigenvalue weighted by atomic mass is 32.1. The highest BCUT2D eigenvalue weighted by Crippen LogP contribution is 2.16. The van der Waals surface area contributed by atoms with Crippen molar-refractivity contribution in [2.75, 3.05) is 26.2 Å². The molecule has 1 amide bonds. The molecule has 1 aliphatic heterocycles. The fraction of sp³-hybridized carbons (Fsp3) is 0.500. The molecule has 2 aromatic rings. The minimum Gasteiger partial charge on any atom is -0.361 e. The van der Waals surface area contributed by atoms with Gasteiger partial charge in [-0.25, -0.2) is 0 Å². The van der Waals surface area contributed by atoms with Crippen LogP contribution in [0.25, 0.3) is 0 Å². The fourth-order valence-electron chi connectivity index (χ4n) is 2.81. The predicted octanol–water partition coefficient (Wildman–Crippen LogP) is 2.24. The van der Waals surface area contributed by atoms with Gasteiger partial charge in [-0.3, -0.25) is 9.69 Å². The van der Waals surface area contributed by atoms with Crippen LogP contribution in [-0.2, 0) is 17.8 Å². The van der Waals surface area contributed by atoms with Crippen LogP contribution >= 0.6 is 11.3 Å². The van der Waals surface area contributed by atoms with Crippen LogP contribution < -0.4 is 0 Å². The highest BCUT2D eigenvalue weighted by molar-refractivity contribution is 7.07. The fourth-order valence-corrected chi connectivity index (χ4v) is 3.47. The summed E-state index contributed by atoms with van der Waals surface area (Å²) in [5, 5.41) is 8.21. The van der Waals surface area contributed by atoms with Crippen LogP contribution in [0.1, 0.15) is 22.6 Å². The van der Waals surface area contributed by atoms with E-state index < -0.39 is 0 Å². The summed E-state index contributed by atoms with van der Waals surface area (Å²) in [6.45, 7) is 8.19. The van der Waals surface area contributed by atoms with Gasteiger partial charge in [-0.05, 0) is 36.2 Å². The Morgan fingerprint density at radius 1 is 1.32 bits per heavy atom. The molecule has 2 aromatic heterocycles. The Morgan fingerprint density at radius 2 is 2.09 bits per heavy atom. The number of piperazine rings is 1. The molecule has 0 aromatic carbocycles. The van der Waals surface area contributed by atoms with E-state index in [1.54, 1.807) is 11.3 Å². The lowest BCUT2D eigenvalue weighted by Gasteiger charge is -2.34. The Balaban J connectivity index is 1.51. The molecule has 3 heterocycles. The molecule has 0 spiro atoms. The maximum absolute atomic E-state index is 12.4. The van der Waals surface area contributed by atoms with E-state index in [9.17, 15) is 4.79 Å². The minimum atomic E-state index is 0.171. The number of aromatic nitrogens is 1. The molecule has 22 heavy (non-hydrogen) atoms. The summed E-state index contributed by atoms with van der Waals surface area (Å²) in [6, 6.07) is 2.17. The van der Waals surface area contributed by atoms with Crippen LogP contribution in [0.3, 0.4) is 0 Å². The summed E-state index contributed by atoms with van der Waals surface area (Å²) in [7, 11) is 0. The van der Waals surface area contributed by atoms with Crippen molar-refractivity contribution in [2.45, 2.75) is 26.8 Å². The van der Waals surface area contributed by atoms with Gasteiger partial charge < -0.3 is 9.42 Å². The van der Waals surface area contributed by atoms with Gasteiger partial charge in [0.05, 0.1) is 12.1 Å². The second kappa shape index (κ2) is 6.62. The average molecular weight is 319 g/mol. The van der Waals surface area contributed by atoms with Gasteiger partial charge in [0.1, 0.15) is 5.76 Å². The topological polar surface area (TPSA) is 49.6 Å². The molecule has 1 fully saturated rings. The van der Waals surface area contributed by atoms with Crippen LogP contribution in [0.5, 0.6) is 0 Å². The summed E-state index contributed by atoms with van der Waals surface area (Å²) < 4.78 is 5.13. The molecule has 1 saturated heterocycles. The van der Waals surface area contributed by atoms with Gasteiger partial charge in [-0.2, -0.15) is 11.3 Å². The molecule has 0 N–H and O–H groups in total. The Bertz CT molecular complexity index is 608. The predicted molar refractivity (Wildman–Crippen MR) is 85.9 cm³/mol. The molecular formula is C16H21N3O2S. The van der Waals surface area contributed by atoms with Crippen LogP contribution in [0.2, 0.25) is 0 Å². The van der Waals surface area contributed by atoms with Gasteiger partial charge in [-0.1, -0.05) is 5.16 Å². The smallest absolute Gasteiger partial charge is 0.227 e. The third-order valence-corrected chi connectivity index (χ3v) is 4.95. The molecule has 118 valence electrons. The molecule has 0 atom stereocenters. The van der Waals surface area contributed by atoms with E-state index in [2.05, 4.69) is 26.9 Å². The van der Waals surface area contributed by atoms with Crippen LogP contribution in [0, 0.1) is 13.8 Å². The van der Waals surface area contributed by atoms with E-state index in [1.807, 2.05) is 18.7 Å². The normalized spacial score (nSPS) is 16.2. The number of rotatable bonds is 4. The first kappa shape index (κ1) is 15.2. The first-order chi connectivity index (χ1) is 10.6. The van der Waals surface area contributed by atoms with Crippen molar-refractivity contribution >= 4 is 17.2 Å². The van der Waals surface area contributed by atoms with E-state index >= 15 is 0 Å². The summed E-state index contributed by atoms with van der Waals surface area (Å²) >= 11 is 1.73. The Hall–Kier alpha value is -1.66. The van der Waals surface area contributed by atoms with Crippen LogP contribution in [0.4, 0.5) is 0 Å². The molecule has 0 unspecified atom stereocenters. The zero-order valence-electron chi connectivity index (χ0n) is 13.0.